The Bertz CT molecular complexity index is 362. The van der Waals surface area contributed by atoms with Gasteiger partial charge in [-0.05, 0) is 24.3 Å². The highest BCUT2D eigenvalue weighted by molar-refractivity contribution is 7.97. The van der Waals surface area contributed by atoms with Crippen LogP contribution in [-0.2, 0) is 5.75 Å². The Hall–Kier alpha value is -0.940. The van der Waals surface area contributed by atoms with Gasteiger partial charge < -0.3 is 14.8 Å². The molecule has 1 amide bonds. The SMILES string of the molecule is CSCc1ccc(C(=O)NC(CO)C(C)C)o1. The zero-order valence-electron chi connectivity index (χ0n) is 10.4. The van der Waals surface area contributed by atoms with Gasteiger partial charge in [-0.3, -0.25) is 4.79 Å². The van der Waals surface area contributed by atoms with Gasteiger partial charge >= 0.3 is 0 Å². The largest absolute Gasteiger partial charge is 0.455 e. The molecule has 0 saturated carbocycles. The average Bonchev–Trinajstić information content (AvgIpc) is 2.74. The number of nitrogens with one attached hydrogen (secondary N) is 1. The molecule has 0 aliphatic heterocycles. The lowest BCUT2D eigenvalue weighted by molar-refractivity contribution is 0.0867. The zero-order chi connectivity index (χ0) is 12.8. The number of carbonyl (C=O) groups excluding carboxylic acids is 1. The molecule has 0 radical (unpaired) electrons. The Kier molecular flexibility index (Phi) is 5.58. The Balaban J connectivity index is 2.62. The van der Waals surface area contributed by atoms with Crippen LogP contribution >= 0.6 is 11.8 Å². The number of amides is 1. The third-order valence-electron chi connectivity index (χ3n) is 2.49. The van der Waals surface area contributed by atoms with Gasteiger partial charge in [0.1, 0.15) is 5.76 Å². The van der Waals surface area contributed by atoms with Gasteiger partial charge in [-0.2, -0.15) is 11.8 Å². The number of thioether (sulfide) groups is 1. The molecule has 5 heteroatoms. The first-order chi connectivity index (χ1) is 8.08. The van der Waals surface area contributed by atoms with Crippen molar-refractivity contribution in [3.05, 3.63) is 23.7 Å². The van der Waals surface area contributed by atoms with E-state index in [1.165, 1.54) is 0 Å². The van der Waals surface area contributed by atoms with E-state index in [1.807, 2.05) is 20.1 Å². The molecule has 1 heterocycles. The highest BCUT2D eigenvalue weighted by Gasteiger charge is 2.18. The number of hydrogen-bond donors (Lipinski definition) is 2. The second-order valence-electron chi connectivity index (χ2n) is 4.21. The number of aliphatic hydroxyl groups is 1. The number of rotatable bonds is 6. The summed E-state index contributed by atoms with van der Waals surface area (Å²) >= 11 is 1.64. The van der Waals surface area contributed by atoms with Crippen LogP contribution in [-0.4, -0.2) is 29.9 Å². The first kappa shape index (κ1) is 14.1. The molecule has 2 N–H and O–H groups in total. The zero-order valence-corrected chi connectivity index (χ0v) is 11.2. The lowest BCUT2D eigenvalue weighted by atomic mass is 10.1. The van der Waals surface area contributed by atoms with Crippen LogP contribution in [0.25, 0.3) is 0 Å². The highest BCUT2D eigenvalue weighted by Crippen LogP contribution is 2.13. The van der Waals surface area contributed by atoms with Crippen molar-refractivity contribution in [2.75, 3.05) is 12.9 Å². The number of furan rings is 1. The van der Waals surface area contributed by atoms with Crippen molar-refractivity contribution in [1.82, 2.24) is 5.32 Å². The fourth-order valence-electron chi connectivity index (χ4n) is 1.38. The molecule has 0 aromatic carbocycles. The molecule has 1 aromatic rings. The van der Waals surface area contributed by atoms with Gasteiger partial charge in [0.2, 0.25) is 0 Å². The molecular weight excluding hydrogens is 238 g/mol. The van der Waals surface area contributed by atoms with Crippen molar-refractivity contribution >= 4 is 17.7 Å². The fraction of sp³-hybridized carbons (Fsp3) is 0.583. The minimum Gasteiger partial charge on any atom is -0.455 e. The quantitative estimate of drug-likeness (QED) is 0.817. The van der Waals surface area contributed by atoms with E-state index in [0.29, 0.717) is 5.76 Å². The van der Waals surface area contributed by atoms with Gasteiger partial charge in [-0.25, -0.2) is 0 Å². The van der Waals surface area contributed by atoms with Crippen LogP contribution in [0.2, 0.25) is 0 Å². The highest BCUT2D eigenvalue weighted by atomic mass is 32.2. The van der Waals surface area contributed by atoms with E-state index in [-0.39, 0.29) is 24.5 Å². The van der Waals surface area contributed by atoms with Crippen LogP contribution in [0.5, 0.6) is 0 Å². The summed E-state index contributed by atoms with van der Waals surface area (Å²) in [6.07, 6.45) is 1.98. The maximum Gasteiger partial charge on any atom is 0.287 e. The van der Waals surface area contributed by atoms with E-state index >= 15 is 0 Å². The molecule has 1 aromatic heterocycles. The lowest BCUT2D eigenvalue weighted by Gasteiger charge is -2.18. The molecule has 96 valence electrons. The van der Waals surface area contributed by atoms with Crippen molar-refractivity contribution in [1.29, 1.82) is 0 Å². The van der Waals surface area contributed by atoms with Gasteiger partial charge in [-0.1, -0.05) is 13.8 Å². The monoisotopic (exact) mass is 257 g/mol. The van der Waals surface area contributed by atoms with Crippen molar-refractivity contribution in [2.45, 2.75) is 25.6 Å². The Morgan fingerprint density at radius 3 is 2.76 bits per heavy atom. The standard InChI is InChI=1S/C12H19NO3S/c1-8(2)10(6-14)13-12(15)11-5-4-9(16-11)7-17-3/h4-5,8,10,14H,6-7H2,1-3H3,(H,13,15). The second-order valence-corrected chi connectivity index (χ2v) is 5.07. The van der Waals surface area contributed by atoms with Gasteiger partial charge in [0.15, 0.2) is 5.76 Å². The predicted octanol–water partition coefficient (Wildman–Crippen LogP) is 1.89. The smallest absolute Gasteiger partial charge is 0.287 e. The van der Waals surface area contributed by atoms with Crippen LogP contribution in [0.3, 0.4) is 0 Å². The molecule has 17 heavy (non-hydrogen) atoms. The summed E-state index contributed by atoms with van der Waals surface area (Å²) < 4.78 is 5.40. The van der Waals surface area contributed by atoms with E-state index in [4.69, 9.17) is 9.52 Å². The number of carbonyl (C=O) groups is 1. The molecule has 0 aliphatic carbocycles. The molecule has 1 rings (SSSR count). The molecule has 4 nitrogen and oxygen atoms in total. The van der Waals surface area contributed by atoms with Crippen molar-refractivity contribution in [3.63, 3.8) is 0 Å². The van der Waals surface area contributed by atoms with E-state index in [0.717, 1.165) is 11.5 Å². The molecule has 0 fully saturated rings. The minimum absolute atomic E-state index is 0.0677. The molecular formula is C12H19NO3S. The number of hydrogen-bond acceptors (Lipinski definition) is 4. The van der Waals surface area contributed by atoms with E-state index in [1.54, 1.807) is 23.9 Å². The first-order valence-electron chi connectivity index (χ1n) is 5.57. The first-order valence-corrected chi connectivity index (χ1v) is 6.97. The molecule has 0 spiro atoms. The molecule has 0 aliphatic rings. The van der Waals surface area contributed by atoms with Crippen molar-refractivity contribution in [2.24, 2.45) is 5.92 Å². The van der Waals surface area contributed by atoms with Crippen LogP contribution in [0.1, 0.15) is 30.2 Å². The van der Waals surface area contributed by atoms with Crippen LogP contribution in [0, 0.1) is 5.92 Å². The van der Waals surface area contributed by atoms with Crippen LogP contribution < -0.4 is 5.32 Å². The van der Waals surface area contributed by atoms with Gasteiger partial charge in [-0.15, -0.1) is 0 Å². The summed E-state index contributed by atoms with van der Waals surface area (Å²) in [5.74, 6) is 1.75. The summed E-state index contributed by atoms with van der Waals surface area (Å²) in [4.78, 5) is 11.8. The summed E-state index contributed by atoms with van der Waals surface area (Å²) in [7, 11) is 0. The normalized spacial score (nSPS) is 12.8. The second kappa shape index (κ2) is 6.71. The fourth-order valence-corrected chi connectivity index (χ4v) is 1.82. The van der Waals surface area contributed by atoms with E-state index < -0.39 is 0 Å². The molecule has 1 atom stereocenters. The summed E-state index contributed by atoms with van der Waals surface area (Å²) in [6.45, 7) is 3.83. The van der Waals surface area contributed by atoms with Gasteiger partial charge in [0, 0.05) is 0 Å². The maximum atomic E-state index is 11.8. The van der Waals surface area contributed by atoms with Crippen molar-refractivity contribution < 1.29 is 14.3 Å². The summed E-state index contributed by atoms with van der Waals surface area (Å²) in [5.41, 5.74) is 0. The van der Waals surface area contributed by atoms with Gasteiger partial charge in [0.05, 0.1) is 18.4 Å². The molecule has 0 bridgehead atoms. The minimum atomic E-state index is -0.273. The van der Waals surface area contributed by atoms with Crippen LogP contribution in [0.15, 0.2) is 16.5 Å². The summed E-state index contributed by atoms with van der Waals surface area (Å²) in [5, 5.41) is 11.9. The molecule has 1 unspecified atom stereocenters. The van der Waals surface area contributed by atoms with Gasteiger partial charge in [0.25, 0.3) is 5.91 Å². The number of aliphatic hydroxyl groups excluding tert-OH is 1. The third kappa shape index (κ3) is 4.09. The third-order valence-corrected chi connectivity index (χ3v) is 3.06. The molecule has 0 saturated heterocycles. The summed E-state index contributed by atoms with van der Waals surface area (Å²) in [6, 6.07) is 3.22. The topological polar surface area (TPSA) is 62.5 Å². The predicted molar refractivity (Wildman–Crippen MR) is 69.1 cm³/mol. The lowest BCUT2D eigenvalue weighted by Crippen LogP contribution is -2.40. The van der Waals surface area contributed by atoms with E-state index in [9.17, 15) is 4.79 Å². The van der Waals surface area contributed by atoms with Crippen molar-refractivity contribution in [3.8, 4) is 0 Å². The Morgan fingerprint density at radius 2 is 2.24 bits per heavy atom. The maximum absolute atomic E-state index is 11.8. The van der Waals surface area contributed by atoms with E-state index in [2.05, 4.69) is 5.32 Å². The van der Waals surface area contributed by atoms with Crippen LogP contribution in [0.4, 0.5) is 0 Å². The Labute approximate surface area is 106 Å². The average molecular weight is 257 g/mol. The Morgan fingerprint density at radius 1 is 1.53 bits per heavy atom.